The van der Waals surface area contributed by atoms with E-state index in [2.05, 4.69) is 4.72 Å². The average Bonchev–Trinajstić information content (AvgIpc) is 3.18. The summed E-state index contributed by atoms with van der Waals surface area (Å²) in [5.74, 6) is -0.173. The number of thiophene rings is 1. The van der Waals surface area contributed by atoms with E-state index in [4.69, 9.17) is 23.2 Å². The molecule has 0 saturated carbocycles. The Morgan fingerprint density at radius 1 is 1.24 bits per heavy atom. The summed E-state index contributed by atoms with van der Waals surface area (Å²) in [4.78, 5) is 14.4. The van der Waals surface area contributed by atoms with Crippen molar-refractivity contribution in [2.24, 2.45) is 0 Å². The number of rotatable bonds is 4. The van der Waals surface area contributed by atoms with E-state index in [9.17, 15) is 13.2 Å². The number of carbonyl (C=O) groups excluding carboxylic acids is 1. The highest BCUT2D eigenvalue weighted by Crippen LogP contribution is 2.36. The lowest BCUT2D eigenvalue weighted by atomic mass is 10.1. The van der Waals surface area contributed by atoms with Crippen molar-refractivity contribution < 1.29 is 13.2 Å². The highest BCUT2D eigenvalue weighted by Gasteiger charge is 2.27. The molecular weight excluding hydrogens is 403 g/mol. The minimum absolute atomic E-state index is 0.0819. The Balaban J connectivity index is 1.99. The Hall–Kier alpha value is -1.28. The van der Waals surface area contributed by atoms with Gasteiger partial charge in [-0.25, -0.2) is 8.42 Å². The first-order valence-electron chi connectivity index (χ1n) is 7.66. The predicted molar refractivity (Wildman–Crippen MR) is 101 cm³/mol. The van der Waals surface area contributed by atoms with Crippen molar-refractivity contribution in [3.05, 3.63) is 44.1 Å². The number of hydrogen-bond acceptors (Lipinski definition) is 4. The Morgan fingerprint density at radius 3 is 2.52 bits per heavy atom. The Kier molecular flexibility index (Phi) is 5.29. The van der Waals surface area contributed by atoms with Crippen molar-refractivity contribution in [2.45, 2.75) is 24.7 Å². The van der Waals surface area contributed by atoms with Crippen molar-refractivity contribution >= 4 is 56.2 Å². The van der Waals surface area contributed by atoms with Crippen LogP contribution in [0.1, 0.15) is 28.8 Å². The molecule has 1 fully saturated rings. The van der Waals surface area contributed by atoms with E-state index in [1.165, 1.54) is 6.07 Å². The second-order valence-corrected chi connectivity index (χ2v) is 9.73. The van der Waals surface area contributed by atoms with Gasteiger partial charge in [-0.2, -0.15) is 0 Å². The van der Waals surface area contributed by atoms with Crippen LogP contribution in [-0.2, 0) is 10.0 Å². The molecule has 2 heterocycles. The summed E-state index contributed by atoms with van der Waals surface area (Å²) in [7, 11) is -3.95. The van der Waals surface area contributed by atoms with Gasteiger partial charge < -0.3 is 4.90 Å². The smallest absolute Gasteiger partial charge is 0.264 e. The van der Waals surface area contributed by atoms with Gasteiger partial charge in [-0.1, -0.05) is 35.3 Å². The van der Waals surface area contributed by atoms with Gasteiger partial charge in [0, 0.05) is 13.1 Å². The molecule has 0 bridgehead atoms. The van der Waals surface area contributed by atoms with Crippen molar-refractivity contribution in [2.75, 3.05) is 17.8 Å². The van der Waals surface area contributed by atoms with Gasteiger partial charge in [0.15, 0.2) is 0 Å². The molecule has 0 atom stereocenters. The fourth-order valence-corrected chi connectivity index (χ4v) is 6.07. The second kappa shape index (κ2) is 7.15. The van der Waals surface area contributed by atoms with Crippen LogP contribution in [0.5, 0.6) is 0 Å². The molecular formula is C16H16Cl2N2O3S2. The van der Waals surface area contributed by atoms with Crippen LogP contribution in [0.25, 0.3) is 0 Å². The molecule has 3 rings (SSSR count). The molecule has 25 heavy (non-hydrogen) atoms. The van der Waals surface area contributed by atoms with Gasteiger partial charge in [0.05, 0.1) is 15.6 Å². The van der Waals surface area contributed by atoms with E-state index in [0.29, 0.717) is 24.2 Å². The number of aryl methyl sites for hydroxylation is 1. The third kappa shape index (κ3) is 3.79. The standard InChI is InChI=1S/C16H16Cl2N2O3S2/c1-10-5-4-6-11(16(21)20-7-2-3-8-20)14(10)19-25(22,23)12-9-13(17)24-15(12)18/h4-6,9,19H,2-3,7-8H2,1H3. The largest absolute Gasteiger partial charge is 0.339 e. The molecule has 1 aliphatic heterocycles. The van der Waals surface area contributed by atoms with E-state index in [-0.39, 0.29) is 25.2 Å². The minimum Gasteiger partial charge on any atom is -0.339 e. The van der Waals surface area contributed by atoms with Gasteiger partial charge in [-0.15, -0.1) is 11.3 Å². The quantitative estimate of drug-likeness (QED) is 0.799. The molecule has 1 saturated heterocycles. The van der Waals surface area contributed by atoms with E-state index < -0.39 is 10.0 Å². The number of halogens is 2. The lowest BCUT2D eigenvalue weighted by molar-refractivity contribution is 0.0794. The highest BCUT2D eigenvalue weighted by molar-refractivity contribution is 7.93. The number of carbonyl (C=O) groups is 1. The number of hydrogen-bond donors (Lipinski definition) is 1. The van der Waals surface area contributed by atoms with Crippen LogP contribution in [0.4, 0.5) is 5.69 Å². The summed E-state index contributed by atoms with van der Waals surface area (Å²) in [6, 6.07) is 6.43. The number of para-hydroxylation sites is 1. The number of anilines is 1. The average molecular weight is 419 g/mol. The van der Waals surface area contributed by atoms with Crippen molar-refractivity contribution in [3.63, 3.8) is 0 Å². The summed E-state index contributed by atoms with van der Waals surface area (Å²) >= 11 is 12.8. The van der Waals surface area contributed by atoms with Gasteiger partial charge >= 0.3 is 0 Å². The van der Waals surface area contributed by atoms with Crippen LogP contribution in [0.15, 0.2) is 29.2 Å². The van der Waals surface area contributed by atoms with Crippen molar-refractivity contribution in [1.29, 1.82) is 0 Å². The van der Waals surface area contributed by atoms with Crippen LogP contribution in [0, 0.1) is 6.92 Å². The zero-order valence-electron chi connectivity index (χ0n) is 13.4. The molecule has 5 nitrogen and oxygen atoms in total. The molecule has 1 aromatic carbocycles. The molecule has 0 radical (unpaired) electrons. The fourth-order valence-electron chi connectivity index (χ4n) is 2.77. The van der Waals surface area contributed by atoms with Gasteiger partial charge in [-0.3, -0.25) is 9.52 Å². The van der Waals surface area contributed by atoms with Gasteiger partial charge in [-0.05, 0) is 37.5 Å². The fraction of sp³-hybridized carbons (Fsp3) is 0.312. The molecule has 1 amide bonds. The van der Waals surface area contributed by atoms with Crippen LogP contribution in [0.2, 0.25) is 8.67 Å². The van der Waals surface area contributed by atoms with Crippen LogP contribution in [0.3, 0.4) is 0 Å². The monoisotopic (exact) mass is 418 g/mol. The number of benzene rings is 1. The molecule has 134 valence electrons. The van der Waals surface area contributed by atoms with E-state index in [0.717, 1.165) is 24.2 Å². The Labute approximate surface area is 160 Å². The zero-order valence-corrected chi connectivity index (χ0v) is 16.5. The first kappa shape index (κ1) is 18.5. The topological polar surface area (TPSA) is 66.5 Å². The first-order chi connectivity index (χ1) is 11.8. The normalized spacial score (nSPS) is 14.8. The molecule has 0 unspecified atom stereocenters. The maximum absolute atomic E-state index is 12.8. The summed E-state index contributed by atoms with van der Waals surface area (Å²) < 4.78 is 28.3. The van der Waals surface area contributed by atoms with Crippen LogP contribution >= 0.6 is 34.5 Å². The van der Waals surface area contributed by atoms with Crippen molar-refractivity contribution in [3.8, 4) is 0 Å². The molecule has 9 heteroatoms. The van der Waals surface area contributed by atoms with Gasteiger partial charge in [0.1, 0.15) is 9.23 Å². The van der Waals surface area contributed by atoms with Crippen LogP contribution < -0.4 is 4.72 Å². The third-order valence-corrected chi connectivity index (χ3v) is 7.15. The third-order valence-electron chi connectivity index (χ3n) is 4.05. The number of likely N-dealkylation sites (tertiary alicyclic amines) is 1. The SMILES string of the molecule is Cc1cccc(C(=O)N2CCCC2)c1NS(=O)(=O)c1cc(Cl)sc1Cl. The second-order valence-electron chi connectivity index (χ2n) is 5.79. The molecule has 1 aromatic heterocycles. The minimum atomic E-state index is -3.95. The van der Waals surface area contributed by atoms with Gasteiger partial charge in [0.25, 0.3) is 15.9 Å². The molecule has 1 N–H and O–H groups in total. The van der Waals surface area contributed by atoms with E-state index in [1.807, 2.05) is 0 Å². The summed E-state index contributed by atoms with van der Waals surface area (Å²) in [6.45, 7) is 3.12. The van der Waals surface area contributed by atoms with E-state index in [1.54, 1.807) is 30.0 Å². The maximum Gasteiger partial charge on any atom is 0.264 e. The zero-order chi connectivity index (χ0) is 18.2. The lowest BCUT2D eigenvalue weighted by Gasteiger charge is -2.19. The van der Waals surface area contributed by atoms with Crippen LogP contribution in [-0.4, -0.2) is 32.3 Å². The molecule has 0 spiro atoms. The lowest BCUT2D eigenvalue weighted by Crippen LogP contribution is -2.29. The Bertz CT molecular complexity index is 919. The van der Waals surface area contributed by atoms with Gasteiger partial charge in [0.2, 0.25) is 0 Å². The molecule has 1 aliphatic rings. The van der Waals surface area contributed by atoms with E-state index >= 15 is 0 Å². The number of sulfonamides is 1. The molecule has 2 aromatic rings. The molecule has 0 aliphatic carbocycles. The summed E-state index contributed by atoms with van der Waals surface area (Å²) in [6.07, 6.45) is 1.92. The number of amides is 1. The number of nitrogens with one attached hydrogen (secondary N) is 1. The summed E-state index contributed by atoms with van der Waals surface area (Å²) in [5, 5.41) is 0. The number of nitrogens with zero attached hydrogens (tertiary/aromatic N) is 1. The highest BCUT2D eigenvalue weighted by atomic mass is 35.5. The van der Waals surface area contributed by atoms with Crippen molar-refractivity contribution in [1.82, 2.24) is 4.90 Å². The first-order valence-corrected chi connectivity index (χ1v) is 10.7. The summed E-state index contributed by atoms with van der Waals surface area (Å²) in [5.41, 5.74) is 1.27. The Morgan fingerprint density at radius 2 is 1.92 bits per heavy atom. The maximum atomic E-state index is 12.8. The predicted octanol–water partition coefficient (Wildman–Crippen LogP) is 4.40.